The van der Waals surface area contributed by atoms with E-state index in [9.17, 15) is 9.50 Å². The van der Waals surface area contributed by atoms with Crippen LogP contribution in [-0.4, -0.2) is 12.2 Å². The molecule has 0 radical (unpaired) electrons. The first-order valence-corrected chi connectivity index (χ1v) is 6.40. The third-order valence-corrected chi connectivity index (χ3v) is 3.24. The molecule has 106 valence electrons. The molecular formula is C16H18FNO2. The first-order chi connectivity index (χ1) is 9.63. The zero-order valence-corrected chi connectivity index (χ0v) is 11.6. The Morgan fingerprint density at radius 3 is 2.60 bits per heavy atom. The zero-order chi connectivity index (χ0) is 14.5. The Morgan fingerprint density at radius 2 is 1.95 bits per heavy atom. The average Bonchev–Trinajstić information content (AvgIpc) is 2.46. The summed E-state index contributed by atoms with van der Waals surface area (Å²) >= 11 is 0. The Bertz CT molecular complexity index is 599. The molecule has 2 aromatic carbocycles. The third kappa shape index (κ3) is 3.27. The molecule has 20 heavy (non-hydrogen) atoms. The van der Waals surface area contributed by atoms with Gasteiger partial charge in [0.15, 0.2) is 0 Å². The van der Waals surface area contributed by atoms with Gasteiger partial charge >= 0.3 is 0 Å². The summed E-state index contributed by atoms with van der Waals surface area (Å²) < 4.78 is 18.2. The summed E-state index contributed by atoms with van der Waals surface area (Å²) in [5.74, 6) is 0.439. The van der Waals surface area contributed by atoms with Crippen molar-refractivity contribution in [2.75, 3.05) is 12.4 Å². The summed E-state index contributed by atoms with van der Waals surface area (Å²) in [7, 11) is 1.57. The first-order valence-electron chi connectivity index (χ1n) is 6.40. The highest BCUT2D eigenvalue weighted by Crippen LogP contribution is 2.23. The molecule has 0 aliphatic carbocycles. The van der Waals surface area contributed by atoms with Crippen molar-refractivity contribution in [3.63, 3.8) is 0 Å². The molecule has 0 aliphatic heterocycles. The molecule has 0 bridgehead atoms. The maximum atomic E-state index is 13.0. The van der Waals surface area contributed by atoms with Gasteiger partial charge in [-0.15, -0.1) is 0 Å². The molecule has 2 N–H and O–H groups in total. The number of hydrogen-bond acceptors (Lipinski definition) is 3. The Hall–Kier alpha value is -2.07. The SMILES string of the molecule is COc1ccc(NCc2ccc(F)cc2C)cc1CO. The predicted octanol–water partition coefficient (Wildman–Crippen LogP) is 3.25. The van der Waals surface area contributed by atoms with E-state index in [1.807, 2.05) is 25.1 Å². The predicted molar refractivity (Wildman–Crippen MR) is 77.4 cm³/mol. The van der Waals surface area contributed by atoms with Gasteiger partial charge in [0.2, 0.25) is 0 Å². The van der Waals surface area contributed by atoms with E-state index in [4.69, 9.17) is 4.74 Å². The molecule has 0 atom stereocenters. The average molecular weight is 275 g/mol. The highest BCUT2D eigenvalue weighted by molar-refractivity contribution is 5.51. The number of aryl methyl sites for hydroxylation is 1. The molecule has 0 amide bonds. The molecule has 2 aromatic rings. The second kappa shape index (κ2) is 6.39. The van der Waals surface area contributed by atoms with E-state index in [1.54, 1.807) is 13.2 Å². The summed E-state index contributed by atoms with van der Waals surface area (Å²) in [6, 6.07) is 10.3. The number of rotatable bonds is 5. The van der Waals surface area contributed by atoms with Crippen molar-refractivity contribution in [3.8, 4) is 5.75 Å². The van der Waals surface area contributed by atoms with Gasteiger partial charge in [0.1, 0.15) is 11.6 Å². The van der Waals surface area contributed by atoms with E-state index < -0.39 is 0 Å². The van der Waals surface area contributed by atoms with Crippen LogP contribution >= 0.6 is 0 Å². The van der Waals surface area contributed by atoms with Crippen LogP contribution in [0.3, 0.4) is 0 Å². The topological polar surface area (TPSA) is 41.5 Å². The standard InChI is InChI=1S/C16H18FNO2/c1-11-7-14(17)4-3-12(11)9-18-15-5-6-16(20-2)13(8-15)10-19/h3-8,18-19H,9-10H2,1-2H3. The fourth-order valence-electron chi connectivity index (χ4n) is 2.07. The zero-order valence-electron chi connectivity index (χ0n) is 11.6. The smallest absolute Gasteiger partial charge is 0.124 e. The van der Waals surface area contributed by atoms with Crippen molar-refractivity contribution in [2.45, 2.75) is 20.1 Å². The lowest BCUT2D eigenvalue weighted by Gasteiger charge is -2.12. The van der Waals surface area contributed by atoms with Crippen LogP contribution in [0.25, 0.3) is 0 Å². The van der Waals surface area contributed by atoms with E-state index in [1.165, 1.54) is 12.1 Å². The molecule has 0 aliphatic rings. The molecule has 0 unspecified atom stereocenters. The quantitative estimate of drug-likeness (QED) is 0.880. The number of methoxy groups -OCH3 is 1. The van der Waals surface area contributed by atoms with Gasteiger partial charge in [0.05, 0.1) is 13.7 Å². The number of halogens is 1. The van der Waals surface area contributed by atoms with Crippen LogP contribution in [0, 0.1) is 12.7 Å². The van der Waals surface area contributed by atoms with Gasteiger partial charge in [0.25, 0.3) is 0 Å². The van der Waals surface area contributed by atoms with Crippen LogP contribution in [-0.2, 0) is 13.2 Å². The van der Waals surface area contributed by atoms with E-state index in [0.717, 1.165) is 22.4 Å². The Labute approximate surface area is 118 Å². The Balaban J connectivity index is 2.10. The summed E-state index contributed by atoms with van der Waals surface area (Å²) in [5, 5.41) is 12.5. The molecule has 0 fully saturated rings. The summed E-state index contributed by atoms with van der Waals surface area (Å²) in [5.41, 5.74) is 3.56. The number of hydrogen-bond donors (Lipinski definition) is 2. The van der Waals surface area contributed by atoms with Crippen LogP contribution in [0.2, 0.25) is 0 Å². The van der Waals surface area contributed by atoms with Gasteiger partial charge < -0.3 is 15.2 Å². The van der Waals surface area contributed by atoms with Crippen molar-refractivity contribution >= 4 is 5.69 Å². The summed E-state index contributed by atoms with van der Waals surface area (Å²) in [6.07, 6.45) is 0. The van der Waals surface area contributed by atoms with Crippen LogP contribution < -0.4 is 10.1 Å². The minimum Gasteiger partial charge on any atom is -0.496 e. The largest absolute Gasteiger partial charge is 0.496 e. The van der Waals surface area contributed by atoms with Crippen LogP contribution in [0.15, 0.2) is 36.4 Å². The van der Waals surface area contributed by atoms with Crippen LogP contribution in [0.1, 0.15) is 16.7 Å². The molecule has 0 heterocycles. The summed E-state index contributed by atoms with van der Waals surface area (Å²) in [6.45, 7) is 2.41. The van der Waals surface area contributed by atoms with Gasteiger partial charge in [-0.3, -0.25) is 0 Å². The van der Waals surface area contributed by atoms with Gasteiger partial charge in [0, 0.05) is 17.8 Å². The normalized spacial score (nSPS) is 10.4. The van der Waals surface area contributed by atoms with Crippen molar-refractivity contribution in [2.24, 2.45) is 0 Å². The first kappa shape index (κ1) is 14.3. The number of anilines is 1. The van der Waals surface area contributed by atoms with E-state index in [0.29, 0.717) is 12.3 Å². The second-order valence-corrected chi connectivity index (χ2v) is 4.61. The van der Waals surface area contributed by atoms with Gasteiger partial charge in [-0.05, 0) is 48.4 Å². The lowest BCUT2D eigenvalue weighted by atomic mass is 10.1. The lowest BCUT2D eigenvalue weighted by Crippen LogP contribution is -2.02. The number of aliphatic hydroxyl groups excluding tert-OH is 1. The molecule has 3 nitrogen and oxygen atoms in total. The van der Waals surface area contributed by atoms with Crippen molar-refractivity contribution < 1.29 is 14.2 Å². The fourth-order valence-corrected chi connectivity index (χ4v) is 2.07. The molecule has 0 spiro atoms. The molecule has 0 saturated carbocycles. The van der Waals surface area contributed by atoms with Gasteiger partial charge in [-0.25, -0.2) is 4.39 Å². The van der Waals surface area contributed by atoms with Crippen molar-refractivity contribution in [1.82, 2.24) is 0 Å². The highest BCUT2D eigenvalue weighted by atomic mass is 19.1. The van der Waals surface area contributed by atoms with Gasteiger partial charge in [-0.1, -0.05) is 6.07 Å². The molecule has 2 rings (SSSR count). The number of ether oxygens (including phenoxy) is 1. The van der Waals surface area contributed by atoms with Crippen LogP contribution in [0.5, 0.6) is 5.75 Å². The lowest BCUT2D eigenvalue weighted by molar-refractivity contribution is 0.274. The molecule has 0 saturated heterocycles. The fraction of sp³-hybridized carbons (Fsp3) is 0.250. The highest BCUT2D eigenvalue weighted by Gasteiger charge is 2.04. The molecular weight excluding hydrogens is 257 g/mol. The minimum atomic E-state index is -0.224. The van der Waals surface area contributed by atoms with Crippen molar-refractivity contribution in [3.05, 3.63) is 58.9 Å². The monoisotopic (exact) mass is 275 g/mol. The second-order valence-electron chi connectivity index (χ2n) is 4.61. The van der Waals surface area contributed by atoms with E-state index in [2.05, 4.69) is 5.32 Å². The Kier molecular flexibility index (Phi) is 4.58. The maximum Gasteiger partial charge on any atom is 0.124 e. The minimum absolute atomic E-state index is 0.0751. The maximum absolute atomic E-state index is 13.0. The van der Waals surface area contributed by atoms with Crippen molar-refractivity contribution in [1.29, 1.82) is 0 Å². The van der Waals surface area contributed by atoms with Crippen LogP contribution in [0.4, 0.5) is 10.1 Å². The van der Waals surface area contributed by atoms with E-state index >= 15 is 0 Å². The number of benzene rings is 2. The van der Waals surface area contributed by atoms with E-state index in [-0.39, 0.29) is 12.4 Å². The number of aliphatic hydroxyl groups is 1. The third-order valence-electron chi connectivity index (χ3n) is 3.24. The number of nitrogens with one attached hydrogen (secondary N) is 1. The molecule has 4 heteroatoms. The van der Waals surface area contributed by atoms with Gasteiger partial charge in [-0.2, -0.15) is 0 Å². The summed E-state index contributed by atoms with van der Waals surface area (Å²) in [4.78, 5) is 0. The molecule has 0 aromatic heterocycles. The Morgan fingerprint density at radius 1 is 1.15 bits per heavy atom.